The fourth-order valence-electron chi connectivity index (χ4n) is 1.24. The Labute approximate surface area is 107 Å². The van der Waals surface area contributed by atoms with Crippen molar-refractivity contribution in [2.75, 3.05) is 26.6 Å². The molecule has 1 rings (SSSR count). The highest BCUT2D eigenvalue weighted by Crippen LogP contribution is 2.24. The van der Waals surface area contributed by atoms with Gasteiger partial charge in [0.15, 0.2) is 0 Å². The summed E-state index contributed by atoms with van der Waals surface area (Å²) in [7, 11) is 2.94. The molecule has 0 amide bonds. The average Bonchev–Trinajstić information content (AvgIpc) is 2.36. The van der Waals surface area contributed by atoms with E-state index in [1.807, 2.05) is 13.8 Å². The second kappa shape index (κ2) is 5.73. The second-order valence-corrected chi connectivity index (χ2v) is 4.50. The third kappa shape index (κ3) is 3.63. The third-order valence-corrected chi connectivity index (χ3v) is 2.56. The maximum atomic E-state index is 11.3. The predicted molar refractivity (Wildman–Crippen MR) is 68.8 cm³/mol. The van der Waals surface area contributed by atoms with E-state index in [1.165, 1.54) is 13.2 Å². The number of esters is 1. The summed E-state index contributed by atoms with van der Waals surface area (Å²) >= 11 is 0. The molecule has 5 heteroatoms. The smallest absolute Gasteiger partial charge is 0.337 e. The van der Waals surface area contributed by atoms with Gasteiger partial charge in [0.2, 0.25) is 0 Å². The van der Waals surface area contributed by atoms with Gasteiger partial charge in [-0.1, -0.05) is 0 Å². The molecule has 0 saturated heterocycles. The van der Waals surface area contributed by atoms with Crippen LogP contribution in [-0.2, 0) is 9.47 Å². The summed E-state index contributed by atoms with van der Waals surface area (Å²) in [5.41, 5.74) is 6.21. The molecule has 0 bridgehead atoms. The molecule has 0 aromatic heterocycles. The highest BCUT2D eigenvalue weighted by Gasteiger charge is 2.18. The predicted octanol–water partition coefficient (Wildman–Crippen LogP) is 1.86. The van der Waals surface area contributed by atoms with E-state index in [4.69, 9.17) is 15.2 Å². The van der Waals surface area contributed by atoms with Crippen LogP contribution in [0.25, 0.3) is 0 Å². The number of ether oxygens (including phenoxy) is 3. The molecule has 0 radical (unpaired) electrons. The Balaban J connectivity index is 2.77. The molecule has 0 unspecified atom stereocenters. The number of carbonyl (C=O) groups excluding carboxylic acids is 1. The van der Waals surface area contributed by atoms with Crippen molar-refractivity contribution < 1.29 is 19.0 Å². The van der Waals surface area contributed by atoms with E-state index in [2.05, 4.69) is 4.74 Å². The van der Waals surface area contributed by atoms with Crippen LogP contribution in [0.2, 0.25) is 0 Å². The summed E-state index contributed by atoms with van der Waals surface area (Å²) in [6.07, 6.45) is 0. The number of hydrogen-bond acceptors (Lipinski definition) is 5. The highest BCUT2D eigenvalue weighted by atomic mass is 16.5. The number of methoxy groups -OCH3 is 2. The Kier molecular flexibility index (Phi) is 4.55. The monoisotopic (exact) mass is 253 g/mol. The van der Waals surface area contributed by atoms with E-state index < -0.39 is 11.6 Å². The van der Waals surface area contributed by atoms with Gasteiger partial charge in [-0.25, -0.2) is 4.79 Å². The van der Waals surface area contributed by atoms with Gasteiger partial charge < -0.3 is 19.9 Å². The lowest BCUT2D eigenvalue weighted by atomic mass is 10.1. The Bertz CT molecular complexity index is 429. The lowest BCUT2D eigenvalue weighted by Gasteiger charge is -2.23. The Hall–Kier alpha value is -1.75. The van der Waals surface area contributed by atoms with Crippen molar-refractivity contribution >= 4 is 11.7 Å². The molecule has 100 valence electrons. The van der Waals surface area contributed by atoms with E-state index in [9.17, 15) is 4.79 Å². The van der Waals surface area contributed by atoms with Crippen LogP contribution < -0.4 is 10.5 Å². The zero-order valence-corrected chi connectivity index (χ0v) is 11.1. The number of anilines is 1. The average molecular weight is 253 g/mol. The fraction of sp³-hybridized carbons (Fsp3) is 0.462. The highest BCUT2D eigenvalue weighted by molar-refractivity contribution is 5.90. The molecule has 0 atom stereocenters. The van der Waals surface area contributed by atoms with Gasteiger partial charge in [-0.05, 0) is 32.0 Å². The van der Waals surface area contributed by atoms with Crippen molar-refractivity contribution in [3.63, 3.8) is 0 Å². The normalized spacial score (nSPS) is 11.1. The summed E-state index contributed by atoms with van der Waals surface area (Å²) in [5.74, 6) is 0.0956. The maximum absolute atomic E-state index is 11.3. The molecule has 5 nitrogen and oxygen atoms in total. The molecule has 1 aromatic rings. The van der Waals surface area contributed by atoms with Crippen LogP contribution in [0.3, 0.4) is 0 Å². The quantitative estimate of drug-likeness (QED) is 0.640. The molecular weight excluding hydrogens is 234 g/mol. The summed E-state index contributed by atoms with van der Waals surface area (Å²) in [5, 5.41) is 0. The molecule has 18 heavy (non-hydrogen) atoms. The molecule has 0 fully saturated rings. The van der Waals surface area contributed by atoms with Crippen molar-refractivity contribution in [2.24, 2.45) is 0 Å². The van der Waals surface area contributed by atoms with Crippen LogP contribution in [0, 0.1) is 0 Å². The SMILES string of the molecule is COC(=O)c1ccc(OCC(C)(C)OC)c(N)c1. The van der Waals surface area contributed by atoms with Gasteiger partial charge in [0.25, 0.3) is 0 Å². The molecule has 0 aliphatic carbocycles. The summed E-state index contributed by atoms with van der Waals surface area (Å²) in [6.45, 7) is 4.18. The third-order valence-electron chi connectivity index (χ3n) is 2.56. The molecular formula is C13H19NO4. The molecule has 1 aromatic carbocycles. The minimum absolute atomic E-state index is 0.366. The summed E-state index contributed by atoms with van der Waals surface area (Å²) in [6, 6.07) is 4.78. The fourth-order valence-corrected chi connectivity index (χ4v) is 1.24. The molecule has 0 aliphatic heterocycles. The topological polar surface area (TPSA) is 70.8 Å². The second-order valence-electron chi connectivity index (χ2n) is 4.50. The van der Waals surface area contributed by atoms with Gasteiger partial charge in [-0.3, -0.25) is 0 Å². The number of rotatable bonds is 5. The minimum atomic E-state index is -0.425. The first-order valence-electron chi connectivity index (χ1n) is 5.55. The van der Waals surface area contributed by atoms with E-state index in [-0.39, 0.29) is 0 Å². The van der Waals surface area contributed by atoms with E-state index >= 15 is 0 Å². The van der Waals surface area contributed by atoms with Gasteiger partial charge >= 0.3 is 5.97 Å². The van der Waals surface area contributed by atoms with Gasteiger partial charge in [-0.2, -0.15) is 0 Å². The molecule has 0 spiro atoms. The lowest BCUT2D eigenvalue weighted by Crippen LogP contribution is -2.30. The molecule has 2 N–H and O–H groups in total. The zero-order valence-electron chi connectivity index (χ0n) is 11.1. The number of nitrogens with two attached hydrogens (primary N) is 1. The zero-order chi connectivity index (χ0) is 13.8. The van der Waals surface area contributed by atoms with Crippen LogP contribution in [0.4, 0.5) is 5.69 Å². The van der Waals surface area contributed by atoms with Crippen LogP contribution in [0.5, 0.6) is 5.75 Å². The largest absolute Gasteiger partial charge is 0.488 e. The van der Waals surface area contributed by atoms with Crippen LogP contribution in [0.1, 0.15) is 24.2 Å². The Morgan fingerprint density at radius 2 is 2.00 bits per heavy atom. The molecule has 0 saturated carbocycles. The standard InChI is InChI=1S/C13H19NO4/c1-13(2,17-4)8-18-11-6-5-9(7-10(11)14)12(15)16-3/h5-7H,8,14H2,1-4H3. The van der Waals surface area contributed by atoms with Gasteiger partial charge in [0.05, 0.1) is 24.0 Å². The Morgan fingerprint density at radius 3 is 2.50 bits per heavy atom. The van der Waals surface area contributed by atoms with Gasteiger partial charge in [0.1, 0.15) is 12.4 Å². The number of benzene rings is 1. The lowest BCUT2D eigenvalue weighted by molar-refractivity contribution is -0.0144. The van der Waals surface area contributed by atoms with Gasteiger partial charge in [-0.15, -0.1) is 0 Å². The van der Waals surface area contributed by atoms with Crippen molar-refractivity contribution in [1.82, 2.24) is 0 Å². The summed E-state index contributed by atoms with van der Waals surface area (Å²) < 4.78 is 15.4. The molecule has 0 heterocycles. The number of hydrogen-bond donors (Lipinski definition) is 1. The first-order valence-corrected chi connectivity index (χ1v) is 5.55. The number of carbonyl (C=O) groups is 1. The van der Waals surface area contributed by atoms with Gasteiger partial charge in [0, 0.05) is 7.11 Å². The van der Waals surface area contributed by atoms with Crippen molar-refractivity contribution in [1.29, 1.82) is 0 Å². The maximum Gasteiger partial charge on any atom is 0.337 e. The van der Waals surface area contributed by atoms with E-state index in [0.29, 0.717) is 23.6 Å². The Morgan fingerprint density at radius 1 is 1.33 bits per heavy atom. The number of nitrogen functional groups attached to an aromatic ring is 1. The minimum Gasteiger partial charge on any atom is -0.488 e. The van der Waals surface area contributed by atoms with E-state index in [1.54, 1.807) is 19.2 Å². The van der Waals surface area contributed by atoms with Crippen LogP contribution in [-0.4, -0.2) is 32.4 Å². The first kappa shape index (κ1) is 14.3. The van der Waals surface area contributed by atoms with Crippen LogP contribution in [0.15, 0.2) is 18.2 Å². The first-order chi connectivity index (χ1) is 8.39. The van der Waals surface area contributed by atoms with Crippen LogP contribution >= 0.6 is 0 Å². The molecule has 0 aliphatic rings. The van der Waals surface area contributed by atoms with Crippen molar-refractivity contribution in [2.45, 2.75) is 19.4 Å². The van der Waals surface area contributed by atoms with Crippen molar-refractivity contribution in [3.8, 4) is 5.75 Å². The van der Waals surface area contributed by atoms with Crippen molar-refractivity contribution in [3.05, 3.63) is 23.8 Å². The van der Waals surface area contributed by atoms with E-state index in [0.717, 1.165) is 0 Å². The summed E-state index contributed by atoms with van der Waals surface area (Å²) in [4.78, 5) is 11.3.